The fourth-order valence-corrected chi connectivity index (χ4v) is 3.59. The van der Waals surface area contributed by atoms with Gasteiger partial charge in [0, 0.05) is 17.5 Å². The van der Waals surface area contributed by atoms with Crippen molar-refractivity contribution in [3.05, 3.63) is 21.9 Å². The minimum atomic E-state index is 0.609. The van der Waals surface area contributed by atoms with Crippen molar-refractivity contribution in [1.82, 2.24) is 4.90 Å². The van der Waals surface area contributed by atoms with E-state index >= 15 is 0 Å². The largest absolute Gasteiger partial charge is 0.330 e. The maximum absolute atomic E-state index is 5.66. The van der Waals surface area contributed by atoms with Crippen LogP contribution in [0, 0.1) is 5.92 Å². The summed E-state index contributed by atoms with van der Waals surface area (Å²) < 4.78 is 0. The Hall–Kier alpha value is -0.380. The zero-order chi connectivity index (χ0) is 12.3. The average molecular weight is 252 g/mol. The highest BCUT2D eigenvalue weighted by molar-refractivity contribution is 7.10. The van der Waals surface area contributed by atoms with Gasteiger partial charge in [-0.05, 0) is 62.2 Å². The molecule has 0 spiro atoms. The van der Waals surface area contributed by atoms with Crippen molar-refractivity contribution in [1.29, 1.82) is 0 Å². The van der Waals surface area contributed by atoms with Gasteiger partial charge in [0.2, 0.25) is 0 Å². The zero-order valence-corrected chi connectivity index (χ0v) is 11.8. The molecule has 2 atom stereocenters. The molecule has 0 saturated heterocycles. The minimum Gasteiger partial charge on any atom is -0.330 e. The second kappa shape index (κ2) is 5.98. The highest BCUT2D eigenvalue weighted by Gasteiger charge is 2.23. The topological polar surface area (TPSA) is 29.3 Å². The normalized spacial score (nSPS) is 22.4. The minimum absolute atomic E-state index is 0.609. The summed E-state index contributed by atoms with van der Waals surface area (Å²) in [6.07, 6.45) is 3.78. The molecule has 1 aromatic rings. The van der Waals surface area contributed by atoms with Gasteiger partial charge in [-0.2, -0.15) is 0 Å². The Balaban J connectivity index is 1.83. The summed E-state index contributed by atoms with van der Waals surface area (Å²) in [4.78, 5) is 4.22. The summed E-state index contributed by atoms with van der Waals surface area (Å²) >= 11 is 1.92. The Morgan fingerprint density at radius 1 is 1.59 bits per heavy atom. The van der Waals surface area contributed by atoms with Crippen molar-refractivity contribution in [2.24, 2.45) is 11.7 Å². The van der Waals surface area contributed by atoms with Gasteiger partial charge >= 0.3 is 0 Å². The molecule has 1 aliphatic heterocycles. The molecule has 0 aliphatic carbocycles. The summed E-state index contributed by atoms with van der Waals surface area (Å²) in [6, 6.07) is 2.91. The van der Waals surface area contributed by atoms with E-state index < -0.39 is 0 Å². The van der Waals surface area contributed by atoms with E-state index in [-0.39, 0.29) is 0 Å². The molecular formula is C14H24N2S. The van der Waals surface area contributed by atoms with E-state index in [0.29, 0.717) is 12.0 Å². The van der Waals surface area contributed by atoms with Crippen LogP contribution in [0.1, 0.15) is 43.2 Å². The van der Waals surface area contributed by atoms with E-state index in [1.54, 1.807) is 10.4 Å². The summed E-state index contributed by atoms with van der Waals surface area (Å²) in [5.41, 5.74) is 7.22. The molecule has 0 radical (unpaired) electrons. The van der Waals surface area contributed by atoms with Crippen LogP contribution < -0.4 is 5.73 Å². The first kappa shape index (κ1) is 13.1. The third kappa shape index (κ3) is 3.09. The third-order valence-corrected chi connectivity index (χ3v) is 4.94. The van der Waals surface area contributed by atoms with Crippen LogP contribution in [0.4, 0.5) is 0 Å². The van der Waals surface area contributed by atoms with Gasteiger partial charge in [-0.15, -0.1) is 11.3 Å². The first-order chi connectivity index (χ1) is 8.22. The Labute approximate surface area is 109 Å². The van der Waals surface area contributed by atoms with E-state index in [1.165, 1.54) is 32.4 Å². The molecule has 0 aromatic carbocycles. The van der Waals surface area contributed by atoms with E-state index in [9.17, 15) is 0 Å². The van der Waals surface area contributed by atoms with Crippen LogP contribution in [0.15, 0.2) is 11.4 Å². The van der Waals surface area contributed by atoms with Gasteiger partial charge in [0.15, 0.2) is 0 Å². The monoisotopic (exact) mass is 252 g/mol. The first-order valence-corrected chi connectivity index (χ1v) is 7.60. The maximum Gasteiger partial charge on any atom is 0.0331 e. The van der Waals surface area contributed by atoms with Crippen LogP contribution in [-0.2, 0) is 6.42 Å². The number of rotatable bonds is 5. The lowest BCUT2D eigenvalue weighted by molar-refractivity contribution is 0.193. The van der Waals surface area contributed by atoms with Crippen molar-refractivity contribution >= 4 is 11.3 Å². The number of fused-ring (bicyclic) bond motifs is 1. The molecule has 0 amide bonds. The standard InChI is InChI=1S/C14H24N2S/c1-11(10-15)4-3-7-16-8-5-14-13(12(16)2)6-9-17-14/h6,9,11-12H,3-5,7-8,10,15H2,1-2H3. The van der Waals surface area contributed by atoms with E-state index in [0.717, 1.165) is 6.54 Å². The molecule has 1 aromatic heterocycles. The van der Waals surface area contributed by atoms with Crippen LogP contribution in [0.2, 0.25) is 0 Å². The van der Waals surface area contributed by atoms with Crippen molar-refractivity contribution in [3.8, 4) is 0 Å². The van der Waals surface area contributed by atoms with Crippen LogP contribution in [0.5, 0.6) is 0 Å². The highest BCUT2D eigenvalue weighted by Crippen LogP contribution is 2.32. The lowest BCUT2D eigenvalue weighted by atomic mass is 10.00. The molecule has 2 nitrogen and oxygen atoms in total. The van der Waals surface area contributed by atoms with Crippen molar-refractivity contribution in [3.63, 3.8) is 0 Å². The molecule has 2 unspecified atom stereocenters. The van der Waals surface area contributed by atoms with Gasteiger partial charge in [-0.25, -0.2) is 0 Å². The molecule has 17 heavy (non-hydrogen) atoms. The second-order valence-electron chi connectivity index (χ2n) is 5.24. The van der Waals surface area contributed by atoms with E-state index in [1.807, 2.05) is 11.3 Å². The lowest BCUT2D eigenvalue weighted by Crippen LogP contribution is -2.34. The number of thiophene rings is 1. The van der Waals surface area contributed by atoms with Crippen LogP contribution in [-0.4, -0.2) is 24.5 Å². The second-order valence-corrected chi connectivity index (χ2v) is 6.24. The SMILES string of the molecule is CC(CN)CCCN1CCc2sccc2C1C. The van der Waals surface area contributed by atoms with Gasteiger partial charge in [0.1, 0.15) is 0 Å². The van der Waals surface area contributed by atoms with Crippen molar-refractivity contribution in [2.75, 3.05) is 19.6 Å². The van der Waals surface area contributed by atoms with Crippen LogP contribution in [0.3, 0.4) is 0 Å². The summed E-state index contributed by atoms with van der Waals surface area (Å²) in [7, 11) is 0. The predicted octanol–water partition coefficient (Wildman–Crippen LogP) is 3.04. The molecule has 2 rings (SSSR count). The molecule has 96 valence electrons. The summed E-state index contributed by atoms with van der Waals surface area (Å²) in [5.74, 6) is 0.673. The molecular weight excluding hydrogens is 228 g/mol. The number of nitrogens with zero attached hydrogens (tertiary/aromatic N) is 1. The lowest BCUT2D eigenvalue weighted by Gasteiger charge is -2.33. The molecule has 2 N–H and O–H groups in total. The van der Waals surface area contributed by atoms with Gasteiger partial charge in [0.25, 0.3) is 0 Å². The quantitative estimate of drug-likeness (QED) is 0.873. The Morgan fingerprint density at radius 2 is 2.41 bits per heavy atom. The average Bonchev–Trinajstić information content (AvgIpc) is 2.81. The summed E-state index contributed by atoms with van der Waals surface area (Å²) in [5, 5.41) is 2.24. The molecule has 3 heteroatoms. The van der Waals surface area contributed by atoms with Gasteiger partial charge < -0.3 is 5.73 Å². The smallest absolute Gasteiger partial charge is 0.0331 e. The van der Waals surface area contributed by atoms with Gasteiger partial charge in [0.05, 0.1) is 0 Å². The van der Waals surface area contributed by atoms with Crippen LogP contribution in [0.25, 0.3) is 0 Å². The summed E-state index contributed by atoms with van der Waals surface area (Å²) in [6.45, 7) is 7.87. The highest BCUT2D eigenvalue weighted by atomic mass is 32.1. The first-order valence-electron chi connectivity index (χ1n) is 6.72. The fourth-order valence-electron chi connectivity index (χ4n) is 2.63. The fraction of sp³-hybridized carbons (Fsp3) is 0.714. The molecule has 0 saturated carbocycles. The molecule has 2 heterocycles. The van der Waals surface area contributed by atoms with Gasteiger partial charge in [-0.3, -0.25) is 4.90 Å². The molecule has 0 fully saturated rings. The van der Waals surface area contributed by atoms with Crippen LogP contribution >= 0.6 is 11.3 Å². The Bertz CT molecular complexity index is 348. The van der Waals surface area contributed by atoms with E-state index in [2.05, 4.69) is 30.2 Å². The van der Waals surface area contributed by atoms with Gasteiger partial charge in [-0.1, -0.05) is 6.92 Å². The number of hydrogen-bond donors (Lipinski definition) is 1. The predicted molar refractivity (Wildman–Crippen MR) is 75.5 cm³/mol. The number of hydrogen-bond acceptors (Lipinski definition) is 3. The maximum atomic E-state index is 5.66. The van der Waals surface area contributed by atoms with Crippen molar-refractivity contribution in [2.45, 2.75) is 39.2 Å². The Kier molecular flexibility index (Phi) is 4.60. The number of nitrogens with two attached hydrogens (primary N) is 1. The molecule has 0 bridgehead atoms. The zero-order valence-electron chi connectivity index (χ0n) is 11.0. The van der Waals surface area contributed by atoms with E-state index in [4.69, 9.17) is 5.73 Å². The van der Waals surface area contributed by atoms with Crippen molar-refractivity contribution < 1.29 is 0 Å². The third-order valence-electron chi connectivity index (χ3n) is 3.95. The Morgan fingerprint density at radius 3 is 3.18 bits per heavy atom. The molecule has 1 aliphatic rings.